The number of hydrogen-bond acceptors (Lipinski definition) is 7. The van der Waals surface area contributed by atoms with Crippen LogP contribution < -0.4 is 15.9 Å². The van der Waals surface area contributed by atoms with Crippen molar-refractivity contribution in [2.45, 2.75) is 13.0 Å². The van der Waals surface area contributed by atoms with E-state index >= 15 is 0 Å². The quantitative estimate of drug-likeness (QED) is 0.180. The summed E-state index contributed by atoms with van der Waals surface area (Å²) in [6.07, 6.45) is 8.39. The molecule has 0 N–H and O–H groups in total. The molecule has 2 amide bonds. The third-order valence-electron chi connectivity index (χ3n) is 6.95. The summed E-state index contributed by atoms with van der Waals surface area (Å²) in [6.45, 7) is 2.66. The predicted molar refractivity (Wildman–Crippen MR) is 163 cm³/mol. The summed E-state index contributed by atoms with van der Waals surface area (Å²) in [5, 5.41) is 4.77. The van der Waals surface area contributed by atoms with E-state index in [0.29, 0.717) is 22.7 Å². The molecule has 0 spiro atoms. The molecule has 3 heterocycles. The van der Waals surface area contributed by atoms with Crippen molar-refractivity contribution >= 4 is 45.2 Å². The van der Waals surface area contributed by atoms with Crippen LogP contribution in [0.25, 0.3) is 5.57 Å². The van der Waals surface area contributed by atoms with Gasteiger partial charge in [-0.15, -0.1) is 0 Å². The first-order chi connectivity index (χ1) is 20.3. The van der Waals surface area contributed by atoms with Crippen LogP contribution in [-0.4, -0.2) is 58.1 Å². The zero-order chi connectivity index (χ0) is 29.6. The first-order valence-corrected chi connectivity index (χ1v) is 16.4. The summed E-state index contributed by atoms with van der Waals surface area (Å²) in [5.41, 5.74) is 1.29. The summed E-state index contributed by atoms with van der Waals surface area (Å²) in [5.74, 6) is 2.41. The second-order valence-electron chi connectivity index (χ2n) is 9.51. The molecule has 3 aromatic carbocycles. The first kappa shape index (κ1) is 29.3. The molecule has 1 atom stereocenters. The van der Waals surface area contributed by atoms with Crippen molar-refractivity contribution < 1.29 is 22.0 Å². The number of amides is 2. The monoisotopic (exact) mass is 600 g/mol. The maximum Gasteiger partial charge on any atom is 0.346 e. The Labute approximate surface area is 246 Å². The summed E-state index contributed by atoms with van der Waals surface area (Å²) >= 11 is 0. The van der Waals surface area contributed by atoms with E-state index in [1.165, 1.54) is 27.1 Å². The fraction of sp³-hybridized carbons (Fsp3) is 0.129. The summed E-state index contributed by atoms with van der Waals surface area (Å²) in [4.78, 5) is 21.0. The second-order valence-corrected chi connectivity index (χ2v) is 13.8. The van der Waals surface area contributed by atoms with Gasteiger partial charge < -0.3 is 9.45 Å². The highest BCUT2D eigenvalue weighted by atomic mass is 32.3. The highest BCUT2D eigenvalue weighted by molar-refractivity contribution is 7.98. The van der Waals surface area contributed by atoms with Gasteiger partial charge in [-0.25, -0.2) is 23.2 Å². The third kappa shape index (κ3) is 6.17. The van der Waals surface area contributed by atoms with Crippen LogP contribution in [0.4, 0.5) is 4.79 Å². The number of carbonyl (C=O) groups is 1. The van der Waals surface area contributed by atoms with Crippen molar-refractivity contribution in [2.24, 2.45) is 0 Å². The maximum atomic E-state index is 11.9. The Morgan fingerprint density at radius 3 is 1.83 bits per heavy atom. The predicted octanol–water partition coefficient (Wildman–Crippen LogP) is 3.89. The average Bonchev–Trinajstić information content (AvgIpc) is 3.25. The van der Waals surface area contributed by atoms with Gasteiger partial charge in [-0.1, -0.05) is 66.7 Å². The normalized spacial score (nSPS) is 16.7. The molecule has 1 unspecified atom stereocenters. The lowest BCUT2D eigenvalue weighted by Gasteiger charge is -2.24. The Bertz CT molecular complexity index is 1580. The number of hydroxylamine groups is 2. The van der Waals surface area contributed by atoms with Crippen LogP contribution in [0, 0.1) is 0 Å². The molecule has 2 bridgehead atoms. The average molecular weight is 601 g/mol. The minimum atomic E-state index is -5.01. The number of urea groups is 1. The number of hydrogen-bond donors (Lipinski definition) is 0. The van der Waals surface area contributed by atoms with E-state index in [9.17, 15) is 17.8 Å². The van der Waals surface area contributed by atoms with Crippen LogP contribution in [0.5, 0.6) is 0 Å². The van der Waals surface area contributed by atoms with Crippen LogP contribution in [-0.2, 0) is 14.7 Å². The number of carbonyl (C=O) groups excluding carboxylic acids is 1. The number of aromatic nitrogens is 2. The van der Waals surface area contributed by atoms with Crippen LogP contribution in [0.15, 0.2) is 128 Å². The first-order valence-electron chi connectivity index (χ1n) is 13.2. The van der Waals surface area contributed by atoms with Crippen molar-refractivity contribution in [3.05, 3.63) is 133 Å². The molecule has 11 heteroatoms. The van der Waals surface area contributed by atoms with Crippen molar-refractivity contribution in [3.63, 3.8) is 0 Å². The second kappa shape index (κ2) is 12.8. The van der Waals surface area contributed by atoms with Gasteiger partial charge in [0.25, 0.3) is 0 Å². The number of allylic oxidation sites excluding steroid dienone is 1. The van der Waals surface area contributed by atoms with Crippen molar-refractivity contribution in [1.29, 1.82) is 0 Å². The molecule has 0 saturated carbocycles. The molecule has 0 radical (unpaired) electrons. The molecule has 6 rings (SSSR count). The van der Waals surface area contributed by atoms with Crippen LogP contribution >= 0.6 is 7.26 Å². The highest BCUT2D eigenvalue weighted by Gasteiger charge is 2.44. The Morgan fingerprint density at radius 2 is 1.38 bits per heavy atom. The van der Waals surface area contributed by atoms with Gasteiger partial charge in [-0.05, 0) is 48.9 Å². The van der Waals surface area contributed by atoms with E-state index in [1.54, 1.807) is 18.5 Å². The molecule has 1 saturated heterocycles. The Morgan fingerprint density at radius 1 is 0.881 bits per heavy atom. The van der Waals surface area contributed by atoms with Gasteiger partial charge in [0.2, 0.25) is 10.4 Å². The van der Waals surface area contributed by atoms with Crippen molar-refractivity contribution in [2.75, 3.05) is 13.1 Å². The summed E-state index contributed by atoms with van der Waals surface area (Å²) < 4.78 is 36.4. The van der Waals surface area contributed by atoms with E-state index in [4.69, 9.17) is 0 Å². The molecule has 0 aliphatic carbocycles. The molecule has 214 valence electrons. The van der Waals surface area contributed by atoms with Crippen molar-refractivity contribution in [1.82, 2.24) is 19.9 Å². The lowest BCUT2D eigenvalue weighted by molar-refractivity contribution is -0.0171. The third-order valence-corrected chi connectivity index (χ3v) is 11.4. The van der Waals surface area contributed by atoms with E-state index in [0.717, 1.165) is 0 Å². The summed E-state index contributed by atoms with van der Waals surface area (Å²) in [6, 6.07) is 31.3. The van der Waals surface area contributed by atoms with Gasteiger partial charge in [-0.3, -0.25) is 0 Å². The zero-order valence-electron chi connectivity index (χ0n) is 22.8. The van der Waals surface area contributed by atoms with E-state index < -0.39 is 29.7 Å². The number of fused-ring (bicyclic) bond motifs is 2. The number of nitrogens with zero attached hydrogens (tertiary/aromatic N) is 4. The molecule has 1 aromatic heterocycles. The van der Waals surface area contributed by atoms with Gasteiger partial charge in [0.1, 0.15) is 35.5 Å². The Kier molecular flexibility index (Phi) is 8.89. The molecule has 42 heavy (non-hydrogen) atoms. The largest absolute Gasteiger partial charge is 0.724 e. The zero-order valence-corrected chi connectivity index (χ0v) is 24.5. The lowest BCUT2D eigenvalue weighted by Crippen LogP contribution is -2.36. The van der Waals surface area contributed by atoms with Gasteiger partial charge in [0.05, 0.1) is 12.4 Å². The fourth-order valence-electron chi connectivity index (χ4n) is 5.21. The molecular weight excluding hydrogens is 571 g/mol. The topological polar surface area (TPSA) is 116 Å². The molecule has 2 aliphatic heterocycles. The van der Waals surface area contributed by atoms with E-state index in [2.05, 4.69) is 124 Å². The molecule has 2 aliphatic rings. The van der Waals surface area contributed by atoms with E-state index in [1.807, 2.05) is 0 Å². The van der Waals surface area contributed by atoms with Crippen LogP contribution in [0.1, 0.15) is 12.5 Å². The smallest absolute Gasteiger partial charge is 0.346 e. The highest BCUT2D eigenvalue weighted by Crippen LogP contribution is 2.56. The van der Waals surface area contributed by atoms with Gasteiger partial charge in [-0.2, -0.15) is 9.35 Å². The molecular formula is C31H29N4O5PS. The molecule has 1 fully saturated rings. The van der Waals surface area contributed by atoms with Crippen molar-refractivity contribution in [3.8, 4) is 0 Å². The number of rotatable bonds is 7. The standard InChI is InChI=1S/C21H20P.C10H10N4O5S/c1-2-18-22(19-12-6-3-7-13-19,20-14-8-4-9-15-20)21-16-10-5-11-17-21;15-10-13-2-1-8(7-3-11-6-12-4-7)9(5-13)14(10)19-20(16,17)18/h2-18H,1H3;1,3-4,6,9H,2,5H2,(H,16,17,18)/q+1;/p-1/b18-2-;. The number of benzene rings is 3. The minimum Gasteiger partial charge on any atom is -0.724 e. The maximum absolute atomic E-state index is 11.9. The fourth-order valence-corrected chi connectivity index (χ4v) is 9.36. The van der Waals surface area contributed by atoms with Crippen LogP contribution in [0.3, 0.4) is 0 Å². The van der Waals surface area contributed by atoms with Gasteiger partial charge in [0.15, 0.2) is 0 Å². The summed E-state index contributed by atoms with van der Waals surface area (Å²) in [7, 11) is -6.75. The van der Waals surface area contributed by atoms with E-state index in [-0.39, 0.29) is 6.54 Å². The minimum absolute atomic E-state index is 0.245. The molecule has 4 aromatic rings. The Balaban J connectivity index is 0.000000169. The van der Waals surface area contributed by atoms with Gasteiger partial charge >= 0.3 is 6.03 Å². The SMILES string of the molecule is C/C=C\[P+](c1ccccc1)(c1ccccc1)c1ccccc1.O=C1N2CC=C(c3cncnc3)C(C2)N1OS(=O)(=O)[O-]. The Hall–Kier alpha value is -4.21. The van der Waals surface area contributed by atoms with Gasteiger partial charge in [0, 0.05) is 24.5 Å². The molecule has 9 nitrogen and oxygen atoms in total. The lowest BCUT2D eigenvalue weighted by atomic mass is 9.99. The van der Waals surface area contributed by atoms with Crippen LogP contribution in [0.2, 0.25) is 0 Å².